The van der Waals surface area contributed by atoms with E-state index in [1.54, 1.807) is 0 Å². The van der Waals surface area contributed by atoms with Crippen LogP contribution in [0.15, 0.2) is 279 Å². The predicted molar refractivity (Wildman–Crippen MR) is 344 cm³/mol. The number of fused-ring (bicyclic) bond motifs is 18. The summed E-state index contributed by atoms with van der Waals surface area (Å²) in [6.45, 7) is 0. The van der Waals surface area contributed by atoms with Crippen LogP contribution < -0.4 is 0 Å². The fourth-order valence-corrected chi connectivity index (χ4v) is 16.2. The molecule has 0 N–H and O–H groups in total. The van der Waals surface area contributed by atoms with Gasteiger partial charge in [0, 0.05) is 52.4 Å². The number of para-hydroxylation sites is 2. The van der Waals surface area contributed by atoms with Gasteiger partial charge in [-0.1, -0.05) is 182 Å². The Bertz CT molecular complexity index is 5000. The van der Waals surface area contributed by atoms with E-state index < -0.39 is 5.41 Å². The highest BCUT2D eigenvalue weighted by Gasteiger charge is 2.52. The van der Waals surface area contributed by atoms with Crippen molar-refractivity contribution >= 4 is 87.8 Å². The van der Waals surface area contributed by atoms with Gasteiger partial charge in [-0.05, 0) is 185 Å². The Morgan fingerprint density at radius 1 is 0.235 bits per heavy atom. The zero-order valence-corrected chi connectivity index (χ0v) is 45.4. The Hall–Kier alpha value is -9.84. The molecule has 0 bridgehead atoms. The summed E-state index contributed by atoms with van der Waals surface area (Å²) in [6, 6.07) is 105. The largest absolute Gasteiger partial charge is 0.309 e. The van der Waals surface area contributed by atoms with E-state index in [0.29, 0.717) is 0 Å². The highest BCUT2D eigenvalue weighted by molar-refractivity contribution is 7.19. The Morgan fingerprint density at radius 2 is 0.593 bits per heavy atom. The molecule has 1 spiro atoms. The number of nitrogens with zero attached hydrogens (tertiary/aromatic N) is 2. The monoisotopic (exact) mass is 1060 g/mol. The van der Waals surface area contributed by atoms with Crippen LogP contribution in [0.5, 0.6) is 0 Å². The van der Waals surface area contributed by atoms with Crippen LogP contribution in [0, 0.1) is 0 Å². The zero-order chi connectivity index (χ0) is 52.9. The SMILES string of the molecule is c1ccc2c(c1)-c1ccccc1C21c2cc(-c3ccc(-c4ccc5c(c4)c4ccccc4n5-c4ccc5ccccc5c4)s3)ccc2-c2ccc(-c3ccc(-c4ccc5c(c4)c4ccccc4n5-c4ccc5ccccc5c4)s3)cc21. The van der Waals surface area contributed by atoms with E-state index in [1.807, 2.05) is 22.7 Å². The lowest BCUT2D eigenvalue weighted by Gasteiger charge is -2.31. The lowest BCUT2D eigenvalue weighted by Crippen LogP contribution is -2.26. The van der Waals surface area contributed by atoms with Crippen molar-refractivity contribution in [2.75, 3.05) is 0 Å². The summed E-state index contributed by atoms with van der Waals surface area (Å²) in [5.41, 5.74) is 22.3. The van der Waals surface area contributed by atoms with E-state index >= 15 is 0 Å². The standard InChI is InChI=1S/C77H46N2S2/c1-3-15-49-41-55(31-25-47(49)13-1)78-69-23-11-7-19-61(69)63-43-51(29-35-71(63)78)73-37-39-75(80-73)53-27-33-59-60-34-28-54(46-68(60)77(67(59)45-53)65-21-9-5-17-57(65)58-18-6-10-22-66(58)77)76-40-38-74(81-76)52-30-36-72-64(44-52)62-20-8-12-24-70(62)79(72)56-32-26-48-14-2-4-16-50(48)42-56/h1-46H. The van der Waals surface area contributed by atoms with E-state index in [1.165, 1.54) is 163 Å². The van der Waals surface area contributed by atoms with E-state index in [4.69, 9.17) is 0 Å². The number of hydrogen-bond donors (Lipinski definition) is 0. The molecule has 2 aliphatic rings. The van der Waals surface area contributed by atoms with Crippen LogP contribution in [-0.4, -0.2) is 9.13 Å². The number of aromatic nitrogens is 2. The van der Waals surface area contributed by atoms with Gasteiger partial charge in [-0.25, -0.2) is 0 Å². The maximum Gasteiger partial charge on any atom is 0.0725 e. The molecule has 0 amide bonds. The molecule has 4 heteroatoms. The van der Waals surface area contributed by atoms with Gasteiger partial charge in [0.1, 0.15) is 0 Å². The van der Waals surface area contributed by atoms with Crippen molar-refractivity contribution in [1.82, 2.24) is 9.13 Å². The molecule has 0 saturated heterocycles. The van der Waals surface area contributed by atoms with Gasteiger partial charge in [0.05, 0.1) is 27.5 Å². The molecule has 16 aromatic rings. The Morgan fingerprint density at radius 3 is 1.06 bits per heavy atom. The molecular weight excluding hydrogens is 1020 g/mol. The van der Waals surface area contributed by atoms with Gasteiger partial charge in [0.15, 0.2) is 0 Å². The Balaban J connectivity index is 0.731. The van der Waals surface area contributed by atoms with Crippen molar-refractivity contribution in [2.45, 2.75) is 5.41 Å². The predicted octanol–water partition coefficient (Wildman–Crippen LogP) is 21.3. The molecule has 2 nitrogen and oxygen atoms in total. The highest BCUT2D eigenvalue weighted by atomic mass is 32.1. The second-order valence-electron chi connectivity index (χ2n) is 21.9. The third-order valence-corrected chi connectivity index (χ3v) is 20.1. The zero-order valence-electron chi connectivity index (χ0n) is 43.8. The lowest BCUT2D eigenvalue weighted by molar-refractivity contribution is 0.794. The molecule has 0 unspecified atom stereocenters. The second kappa shape index (κ2) is 17.1. The molecule has 0 radical (unpaired) electrons. The van der Waals surface area contributed by atoms with Gasteiger partial charge < -0.3 is 9.13 Å². The third kappa shape index (κ3) is 6.49. The first-order chi connectivity index (χ1) is 40.1. The molecule has 18 rings (SSSR count). The Kier molecular flexibility index (Phi) is 9.50. The molecule has 0 aliphatic heterocycles. The third-order valence-electron chi connectivity index (χ3n) is 17.8. The van der Waals surface area contributed by atoms with Crippen LogP contribution in [-0.2, 0) is 5.41 Å². The van der Waals surface area contributed by atoms with Crippen LogP contribution in [0.2, 0.25) is 0 Å². The minimum absolute atomic E-state index is 0.487. The molecule has 0 atom stereocenters. The smallest absolute Gasteiger partial charge is 0.0725 e. The van der Waals surface area contributed by atoms with Crippen LogP contribution >= 0.6 is 22.7 Å². The number of thiophene rings is 2. The summed E-state index contributed by atoms with van der Waals surface area (Å²) < 4.78 is 4.85. The maximum atomic E-state index is 2.53. The summed E-state index contributed by atoms with van der Waals surface area (Å²) >= 11 is 3.77. The topological polar surface area (TPSA) is 9.86 Å². The average molecular weight is 1060 g/mol. The molecule has 2 aliphatic carbocycles. The summed E-state index contributed by atoms with van der Waals surface area (Å²) in [6.07, 6.45) is 0. The summed E-state index contributed by atoms with van der Waals surface area (Å²) in [5, 5.41) is 10.0. The fourth-order valence-electron chi connectivity index (χ4n) is 14.2. The fraction of sp³-hybridized carbons (Fsp3) is 0.0130. The van der Waals surface area contributed by atoms with E-state index in [2.05, 4.69) is 288 Å². The highest BCUT2D eigenvalue weighted by Crippen LogP contribution is 2.64. The molecule has 0 saturated carbocycles. The maximum absolute atomic E-state index is 2.53. The molecule has 376 valence electrons. The van der Waals surface area contributed by atoms with E-state index in [0.717, 1.165) is 0 Å². The van der Waals surface area contributed by atoms with Gasteiger partial charge in [0.2, 0.25) is 0 Å². The Labute approximate surface area is 476 Å². The van der Waals surface area contributed by atoms with Crippen molar-refractivity contribution < 1.29 is 0 Å². The molecule has 4 heterocycles. The molecular formula is C77H46N2S2. The number of benzene rings is 12. The first-order valence-corrected chi connectivity index (χ1v) is 29.5. The van der Waals surface area contributed by atoms with Gasteiger partial charge >= 0.3 is 0 Å². The van der Waals surface area contributed by atoms with Crippen LogP contribution in [0.4, 0.5) is 0 Å². The van der Waals surface area contributed by atoms with Crippen molar-refractivity contribution in [2.24, 2.45) is 0 Å². The molecule has 0 fully saturated rings. The van der Waals surface area contributed by atoms with Gasteiger partial charge in [-0.3, -0.25) is 0 Å². The first-order valence-electron chi connectivity index (χ1n) is 27.9. The minimum atomic E-state index is -0.487. The van der Waals surface area contributed by atoms with Crippen molar-refractivity contribution in [3.8, 4) is 75.4 Å². The van der Waals surface area contributed by atoms with Crippen molar-refractivity contribution in [3.05, 3.63) is 301 Å². The summed E-state index contributed by atoms with van der Waals surface area (Å²) in [4.78, 5) is 5.05. The molecule has 81 heavy (non-hydrogen) atoms. The normalized spacial score (nSPS) is 13.0. The van der Waals surface area contributed by atoms with Crippen LogP contribution in [0.1, 0.15) is 22.3 Å². The lowest BCUT2D eigenvalue weighted by atomic mass is 9.70. The van der Waals surface area contributed by atoms with E-state index in [9.17, 15) is 0 Å². The van der Waals surface area contributed by atoms with Gasteiger partial charge in [-0.2, -0.15) is 0 Å². The van der Waals surface area contributed by atoms with Crippen molar-refractivity contribution in [3.63, 3.8) is 0 Å². The summed E-state index contributed by atoms with van der Waals surface area (Å²) in [7, 11) is 0. The van der Waals surface area contributed by atoms with E-state index in [-0.39, 0.29) is 0 Å². The summed E-state index contributed by atoms with van der Waals surface area (Å²) in [5.74, 6) is 0. The second-order valence-corrected chi connectivity index (χ2v) is 24.1. The number of hydrogen-bond acceptors (Lipinski definition) is 2. The molecule has 4 aromatic heterocycles. The van der Waals surface area contributed by atoms with Crippen LogP contribution in [0.25, 0.3) is 141 Å². The van der Waals surface area contributed by atoms with Crippen molar-refractivity contribution in [1.29, 1.82) is 0 Å². The van der Waals surface area contributed by atoms with Crippen LogP contribution in [0.3, 0.4) is 0 Å². The quantitative estimate of drug-likeness (QED) is 0.157. The van der Waals surface area contributed by atoms with Gasteiger partial charge in [0.25, 0.3) is 0 Å². The number of rotatable bonds is 6. The minimum Gasteiger partial charge on any atom is -0.309 e. The molecule has 12 aromatic carbocycles. The average Bonchev–Trinajstić information content (AvgIpc) is 3.04. The first kappa shape index (κ1) is 45.1. The van der Waals surface area contributed by atoms with Gasteiger partial charge in [-0.15, -0.1) is 22.7 Å².